The summed E-state index contributed by atoms with van der Waals surface area (Å²) in [4.78, 5) is 12.5. The predicted molar refractivity (Wildman–Crippen MR) is 71.3 cm³/mol. The second-order valence-electron chi connectivity index (χ2n) is 3.56. The SMILES string of the molecule is COC(c1ccccc1)c1nc(N)nc(SC)n1. The molecule has 0 spiro atoms. The van der Waals surface area contributed by atoms with Crippen molar-refractivity contribution >= 4 is 17.7 Å². The van der Waals surface area contributed by atoms with Crippen molar-refractivity contribution in [2.75, 3.05) is 19.1 Å². The minimum Gasteiger partial charge on any atom is -0.369 e. The molecule has 0 saturated heterocycles. The molecule has 0 amide bonds. The molecule has 1 aromatic carbocycles. The van der Waals surface area contributed by atoms with Crippen molar-refractivity contribution in [2.24, 2.45) is 0 Å². The molecule has 1 unspecified atom stereocenters. The van der Waals surface area contributed by atoms with Crippen LogP contribution in [0.5, 0.6) is 0 Å². The maximum Gasteiger partial charge on any atom is 0.224 e. The van der Waals surface area contributed by atoms with Gasteiger partial charge < -0.3 is 10.5 Å². The number of nitrogen functional groups attached to an aromatic ring is 1. The van der Waals surface area contributed by atoms with Crippen LogP contribution in [0.1, 0.15) is 17.5 Å². The van der Waals surface area contributed by atoms with E-state index in [1.165, 1.54) is 11.8 Å². The molecule has 94 valence electrons. The fourth-order valence-corrected chi connectivity index (χ4v) is 1.98. The van der Waals surface area contributed by atoms with Crippen LogP contribution in [-0.4, -0.2) is 28.3 Å². The van der Waals surface area contributed by atoms with Crippen molar-refractivity contribution in [2.45, 2.75) is 11.3 Å². The summed E-state index contributed by atoms with van der Waals surface area (Å²) >= 11 is 1.42. The van der Waals surface area contributed by atoms with Crippen molar-refractivity contribution in [1.29, 1.82) is 0 Å². The van der Waals surface area contributed by atoms with E-state index in [-0.39, 0.29) is 12.1 Å². The fourth-order valence-electron chi connectivity index (χ4n) is 1.62. The molecule has 2 aromatic rings. The van der Waals surface area contributed by atoms with E-state index < -0.39 is 0 Å². The molecule has 18 heavy (non-hydrogen) atoms. The van der Waals surface area contributed by atoms with Crippen molar-refractivity contribution < 1.29 is 4.74 Å². The monoisotopic (exact) mass is 262 g/mol. The predicted octanol–water partition coefficient (Wildman–Crippen LogP) is 1.91. The van der Waals surface area contributed by atoms with Crippen LogP contribution in [0.4, 0.5) is 5.95 Å². The third-order valence-electron chi connectivity index (χ3n) is 2.40. The van der Waals surface area contributed by atoms with Gasteiger partial charge in [-0.15, -0.1) is 0 Å². The van der Waals surface area contributed by atoms with Crippen LogP contribution in [0.2, 0.25) is 0 Å². The third-order valence-corrected chi connectivity index (χ3v) is 2.95. The van der Waals surface area contributed by atoms with Crippen LogP contribution >= 0.6 is 11.8 Å². The smallest absolute Gasteiger partial charge is 0.224 e. The molecule has 0 bridgehead atoms. The van der Waals surface area contributed by atoms with E-state index in [9.17, 15) is 0 Å². The highest BCUT2D eigenvalue weighted by molar-refractivity contribution is 7.98. The van der Waals surface area contributed by atoms with E-state index >= 15 is 0 Å². The molecule has 6 heteroatoms. The van der Waals surface area contributed by atoms with E-state index in [0.717, 1.165) is 5.56 Å². The van der Waals surface area contributed by atoms with Crippen molar-refractivity contribution in [3.63, 3.8) is 0 Å². The number of ether oxygens (including phenoxy) is 1. The van der Waals surface area contributed by atoms with Crippen molar-refractivity contribution in [3.05, 3.63) is 41.7 Å². The normalized spacial score (nSPS) is 12.3. The molecule has 0 aliphatic heterocycles. The number of hydrogen-bond acceptors (Lipinski definition) is 6. The van der Waals surface area contributed by atoms with Gasteiger partial charge in [-0.05, 0) is 11.8 Å². The first-order valence-corrected chi connectivity index (χ1v) is 6.60. The second kappa shape index (κ2) is 5.79. The summed E-state index contributed by atoms with van der Waals surface area (Å²) in [5.74, 6) is 0.739. The molecule has 0 aliphatic rings. The van der Waals surface area contributed by atoms with Gasteiger partial charge in [0.25, 0.3) is 0 Å². The minimum atomic E-state index is -0.331. The van der Waals surface area contributed by atoms with E-state index in [4.69, 9.17) is 10.5 Å². The molecular formula is C12H14N4OS. The quantitative estimate of drug-likeness (QED) is 0.848. The molecule has 1 heterocycles. The molecule has 2 N–H and O–H groups in total. The van der Waals surface area contributed by atoms with E-state index in [1.54, 1.807) is 7.11 Å². The highest BCUT2D eigenvalue weighted by Gasteiger charge is 2.18. The maximum absolute atomic E-state index is 5.67. The van der Waals surface area contributed by atoms with Crippen molar-refractivity contribution in [3.8, 4) is 0 Å². The van der Waals surface area contributed by atoms with Crippen LogP contribution in [0, 0.1) is 0 Å². The highest BCUT2D eigenvalue weighted by atomic mass is 32.2. The minimum absolute atomic E-state index is 0.210. The summed E-state index contributed by atoms with van der Waals surface area (Å²) in [5.41, 5.74) is 6.66. The number of methoxy groups -OCH3 is 1. The van der Waals surface area contributed by atoms with Gasteiger partial charge in [0.2, 0.25) is 5.95 Å². The van der Waals surface area contributed by atoms with Gasteiger partial charge in [-0.3, -0.25) is 0 Å². The Bertz CT molecular complexity index is 521. The van der Waals surface area contributed by atoms with Crippen LogP contribution in [0.15, 0.2) is 35.5 Å². The molecule has 1 aromatic heterocycles. The number of nitrogens with zero attached hydrogens (tertiary/aromatic N) is 3. The lowest BCUT2D eigenvalue weighted by Crippen LogP contribution is -2.11. The highest BCUT2D eigenvalue weighted by Crippen LogP contribution is 2.23. The van der Waals surface area contributed by atoms with Gasteiger partial charge in [-0.2, -0.15) is 9.97 Å². The van der Waals surface area contributed by atoms with Crippen molar-refractivity contribution in [1.82, 2.24) is 15.0 Å². The van der Waals surface area contributed by atoms with Gasteiger partial charge in [0, 0.05) is 7.11 Å². The summed E-state index contributed by atoms with van der Waals surface area (Å²) in [7, 11) is 1.62. The number of rotatable bonds is 4. The Kier molecular flexibility index (Phi) is 4.11. The Morgan fingerprint density at radius 3 is 2.50 bits per heavy atom. The van der Waals surface area contributed by atoms with Gasteiger partial charge in [0.15, 0.2) is 11.0 Å². The van der Waals surface area contributed by atoms with Gasteiger partial charge in [-0.1, -0.05) is 42.1 Å². The molecule has 0 saturated carbocycles. The summed E-state index contributed by atoms with van der Waals surface area (Å²) in [6.07, 6.45) is 1.56. The standard InChI is InChI=1S/C12H14N4OS/c1-17-9(8-6-4-3-5-7-8)10-14-11(13)16-12(15-10)18-2/h3-7,9H,1-2H3,(H2,13,14,15,16). The first-order chi connectivity index (χ1) is 8.74. The lowest BCUT2D eigenvalue weighted by molar-refractivity contribution is 0.128. The maximum atomic E-state index is 5.67. The van der Waals surface area contributed by atoms with Gasteiger partial charge in [0.1, 0.15) is 6.10 Å². The number of thioether (sulfide) groups is 1. The van der Waals surface area contributed by atoms with Gasteiger partial charge in [0.05, 0.1) is 0 Å². The van der Waals surface area contributed by atoms with Gasteiger partial charge >= 0.3 is 0 Å². The molecule has 1 atom stereocenters. The third kappa shape index (κ3) is 2.77. The molecule has 5 nitrogen and oxygen atoms in total. The topological polar surface area (TPSA) is 73.9 Å². The van der Waals surface area contributed by atoms with Crippen LogP contribution in [-0.2, 0) is 4.74 Å². The Hall–Kier alpha value is -1.66. The van der Waals surface area contributed by atoms with Crippen LogP contribution in [0.25, 0.3) is 0 Å². The average Bonchev–Trinajstić information content (AvgIpc) is 2.40. The van der Waals surface area contributed by atoms with Crippen LogP contribution in [0.3, 0.4) is 0 Å². The number of nitrogens with two attached hydrogens (primary N) is 1. The largest absolute Gasteiger partial charge is 0.369 e. The Labute approximate surface area is 110 Å². The summed E-state index contributed by atoms with van der Waals surface area (Å²) in [6.45, 7) is 0. The summed E-state index contributed by atoms with van der Waals surface area (Å²) in [6, 6.07) is 9.77. The lowest BCUT2D eigenvalue weighted by Gasteiger charge is -2.14. The molecule has 0 fully saturated rings. The van der Waals surface area contributed by atoms with Crippen LogP contribution < -0.4 is 5.73 Å². The zero-order valence-electron chi connectivity index (χ0n) is 10.2. The first-order valence-electron chi connectivity index (χ1n) is 5.37. The number of anilines is 1. The Morgan fingerprint density at radius 1 is 1.17 bits per heavy atom. The second-order valence-corrected chi connectivity index (χ2v) is 4.34. The zero-order valence-corrected chi connectivity index (χ0v) is 11.0. The van der Waals surface area contributed by atoms with E-state index in [0.29, 0.717) is 11.0 Å². The number of hydrogen-bond donors (Lipinski definition) is 1. The first kappa shape index (κ1) is 12.8. The Morgan fingerprint density at radius 2 is 1.89 bits per heavy atom. The lowest BCUT2D eigenvalue weighted by atomic mass is 10.1. The molecular weight excluding hydrogens is 248 g/mol. The number of benzene rings is 1. The molecule has 0 radical (unpaired) electrons. The zero-order chi connectivity index (χ0) is 13.0. The fraction of sp³-hybridized carbons (Fsp3) is 0.250. The summed E-state index contributed by atoms with van der Waals surface area (Å²) in [5, 5.41) is 0.593. The average molecular weight is 262 g/mol. The molecule has 0 aliphatic carbocycles. The van der Waals surface area contributed by atoms with Gasteiger partial charge in [-0.25, -0.2) is 4.98 Å². The molecule has 2 rings (SSSR count). The van der Waals surface area contributed by atoms with E-state index in [2.05, 4.69) is 15.0 Å². The Balaban J connectivity index is 2.42. The summed E-state index contributed by atoms with van der Waals surface area (Å²) < 4.78 is 5.46. The van der Waals surface area contributed by atoms with E-state index in [1.807, 2.05) is 36.6 Å². The number of aromatic nitrogens is 3.